The predicted octanol–water partition coefficient (Wildman–Crippen LogP) is 3.18. The van der Waals surface area contributed by atoms with Gasteiger partial charge in [-0.25, -0.2) is 5.43 Å². The third-order valence-electron chi connectivity index (χ3n) is 3.03. The summed E-state index contributed by atoms with van der Waals surface area (Å²) in [5.41, 5.74) is 1.51. The van der Waals surface area contributed by atoms with Gasteiger partial charge >= 0.3 is 6.18 Å². The van der Waals surface area contributed by atoms with Gasteiger partial charge in [-0.05, 0) is 42.0 Å². The van der Waals surface area contributed by atoms with E-state index >= 15 is 0 Å². The van der Waals surface area contributed by atoms with Crippen LogP contribution in [-0.4, -0.2) is 24.3 Å². The summed E-state index contributed by atoms with van der Waals surface area (Å²) >= 11 is 0. The molecule has 24 heavy (non-hydrogen) atoms. The number of halogens is 3. The zero-order chi connectivity index (χ0) is 17.7. The van der Waals surface area contributed by atoms with Crippen molar-refractivity contribution < 1.29 is 27.8 Å². The summed E-state index contributed by atoms with van der Waals surface area (Å²) in [5.74, 6) is -0.610. The zero-order valence-electron chi connectivity index (χ0n) is 12.5. The van der Waals surface area contributed by atoms with Gasteiger partial charge in [0.1, 0.15) is 0 Å². The Morgan fingerprint density at radius 1 is 1.25 bits per heavy atom. The van der Waals surface area contributed by atoms with Crippen LogP contribution in [0.4, 0.5) is 13.2 Å². The molecule has 0 fully saturated rings. The van der Waals surface area contributed by atoms with Crippen LogP contribution in [0.15, 0.2) is 47.6 Å². The van der Waals surface area contributed by atoms with Crippen molar-refractivity contribution in [1.29, 1.82) is 0 Å². The van der Waals surface area contributed by atoms with E-state index in [9.17, 15) is 23.1 Å². The van der Waals surface area contributed by atoms with Crippen molar-refractivity contribution >= 4 is 12.1 Å². The molecule has 0 saturated carbocycles. The first-order valence-electron chi connectivity index (χ1n) is 6.69. The minimum absolute atomic E-state index is 0.106. The summed E-state index contributed by atoms with van der Waals surface area (Å²) in [7, 11) is 1.40. The maximum atomic E-state index is 12.6. The number of alkyl halides is 3. The van der Waals surface area contributed by atoms with E-state index in [1.165, 1.54) is 31.5 Å². The number of rotatable bonds is 4. The first-order chi connectivity index (χ1) is 11.3. The minimum atomic E-state index is -4.53. The normalized spacial score (nSPS) is 11.5. The smallest absolute Gasteiger partial charge is 0.416 e. The van der Waals surface area contributed by atoms with Gasteiger partial charge in [0.2, 0.25) is 0 Å². The number of amides is 1. The molecule has 0 aromatic heterocycles. The predicted molar refractivity (Wildman–Crippen MR) is 81.2 cm³/mol. The number of hydrazone groups is 1. The SMILES string of the molecule is COc1ccc(/C=N\NC(=O)c2cccc(C(F)(F)F)c2)cc1O. The number of carbonyl (C=O) groups is 1. The van der Waals surface area contributed by atoms with Crippen LogP contribution in [0.3, 0.4) is 0 Å². The molecule has 2 aromatic rings. The third kappa shape index (κ3) is 4.25. The number of phenolic OH excluding ortho intramolecular Hbond substituents is 1. The molecule has 8 heteroatoms. The van der Waals surface area contributed by atoms with E-state index in [0.29, 0.717) is 5.56 Å². The lowest BCUT2D eigenvalue weighted by atomic mass is 10.1. The molecule has 2 aromatic carbocycles. The maximum Gasteiger partial charge on any atom is 0.416 e. The second-order valence-electron chi connectivity index (χ2n) is 4.71. The van der Waals surface area contributed by atoms with E-state index in [1.54, 1.807) is 6.07 Å². The van der Waals surface area contributed by atoms with E-state index in [2.05, 4.69) is 10.5 Å². The summed E-state index contributed by atoms with van der Waals surface area (Å²) in [6.07, 6.45) is -3.29. The van der Waals surface area contributed by atoms with E-state index in [-0.39, 0.29) is 17.1 Å². The van der Waals surface area contributed by atoms with Gasteiger partial charge in [0, 0.05) is 5.56 Å². The topological polar surface area (TPSA) is 70.9 Å². The van der Waals surface area contributed by atoms with E-state index in [4.69, 9.17) is 4.74 Å². The van der Waals surface area contributed by atoms with Crippen LogP contribution in [0, 0.1) is 0 Å². The molecule has 0 spiro atoms. The van der Waals surface area contributed by atoms with Gasteiger partial charge in [-0.2, -0.15) is 18.3 Å². The lowest BCUT2D eigenvalue weighted by Gasteiger charge is -2.07. The fraction of sp³-hybridized carbons (Fsp3) is 0.125. The van der Waals surface area contributed by atoms with Gasteiger partial charge in [-0.1, -0.05) is 6.07 Å². The molecule has 0 unspecified atom stereocenters. The van der Waals surface area contributed by atoms with Crippen LogP contribution in [0.2, 0.25) is 0 Å². The van der Waals surface area contributed by atoms with Gasteiger partial charge in [0.05, 0.1) is 18.9 Å². The highest BCUT2D eigenvalue weighted by atomic mass is 19.4. The minimum Gasteiger partial charge on any atom is -0.504 e. The number of hydrogen-bond donors (Lipinski definition) is 2. The van der Waals surface area contributed by atoms with Crippen molar-refractivity contribution in [3.05, 3.63) is 59.2 Å². The second kappa shape index (κ2) is 7.03. The molecule has 0 radical (unpaired) electrons. The van der Waals surface area contributed by atoms with Crippen molar-refractivity contribution in [3.63, 3.8) is 0 Å². The highest BCUT2D eigenvalue weighted by molar-refractivity contribution is 5.95. The Hall–Kier alpha value is -3.03. The molecule has 0 aliphatic rings. The molecule has 2 rings (SSSR count). The molecule has 0 aliphatic carbocycles. The number of nitrogens with zero attached hydrogens (tertiary/aromatic N) is 1. The molecule has 0 heterocycles. The quantitative estimate of drug-likeness (QED) is 0.664. The fourth-order valence-electron chi connectivity index (χ4n) is 1.85. The van der Waals surface area contributed by atoms with E-state index in [1.807, 2.05) is 0 Å². The molecule has 0 atom stereocenters. The van der Waals surface area contributed by atoms with Crippen molar-refractivity contribution in [3.8, 4) is 11.5 Å². The molecule has 5 nitrogen and oxygen atoms in total. The maximum absolute atomic E-state index is 12.6. The lowest BCUT2D eigenvalue weighted by Crippen LogP contribution is -2.18. The van der Waals surface area contributed by atoms with Crippen molar-refractivity contribution in [1.82, 2.24) is 5.43 Å². The largest absolute Gasteiger partial charge is 0.504 e. The average Bonchev–Trinajstić information content (AvgIpc) is 2.54. The van der Waals surface area contributed by atoms with Gasteiger partial charge in [-0.15, -0.1) is 0 Å². The van der Waals surface area contributed by atoms with Crippen LogP contribution in [0.25, 0.3) is 0 Å². The van der Waals surface area contributed by atoms with Crippen LogP contribution in [-0.2, 0) is 6.18 Å². The second-order valence-corrected chi connectivity index (χ2v) is 4.71. The number of benzene rings is 2. The summed E-state index contributed by atoms with van der Waals surface area (Å²) in [6, 6.07) is 8.45. The molecule has 2 N–H and O–H groups in total. The zero-order valence-corrected chi connectivity index (χ0v) is 12.5. The van der Waals surface area contributed by atoms with Crippen LogP contribution in [0.5, 0.6) is 11.5 Å². The number of carbonyl (C=O) groups excluding carboxylic acids is 1. The van der Waals surface area contributed by atoms with Crippen LogP contribution in [0.1, 0.15) is 21.5 Å². The molecule has 0 bridgehead atoms. The van der Waals surface area contributed by atoms with Gasteiger partial charge in [0.25, 0.3) is 5.91 Å². The van der Waals surface area contributed by atoms with Gasteiger partial charge in [0.15, 0.2) is 11.5 Å². The van der Waals surface area contributed by atoms with Crippen molar-refractivity contribution in [2.75, 3.05) is 7.11 Å². The Bertz CT molecular complexity index is 773. The Morgan fingerprint density at radius 3 is 2.62 bits per heavy atom. The highest BCUT2D eigenvalue weighted by Gasteiger charge is 2.30. The Labute approximate surface area is 135 Å². The number of phenols is 1. The summed E-state index contributed by atoms with van der Waals surface area (Å²) in [5, 5.41) is 13.3. The molecule has 126 valence electrons. The van der Waals surface area contributed by atoms with Gasteiger partial charge in [-0.3, -0.25) is 4.79 Å². The first-order valence-corrected chi connectivity index (χ1v) is 6.69. The fourth-order valence-corrected chi connectivity index (χ4v) is 1.85. The molecule has 1 amide bonds. The lowest BCUT2D eigenvalue weighted by molar-refractivity contribution is -0.137. The molecule has 0 saturated heterocycles. The van der Waals surface area contributed by atoms with E-state index in [0.717, 1.165) is 18.2 Å². The Morgan fingerprint density at radius 2 is 2.00 bits per heavy atom. The van der Waals surface area contributed by atoms with Crippen LogP contribution < -0.4 is 10.2 Å². The third-order valence-corrected chi connectivity index (χ3v) is 3.03. The average molecular weight is 338 g/mol. The monoisotopic (exact) mass is 338 g/mol. The number of nitrogens with one attached hydrogen (secondary N) is 1. The van der Waals surface area contributed by atoms with Crippen molar-refractivity contribution in [2.24, 2.45) is 5.10 Å². The Balaban J connectivity index is 2.06. The molecular weight excluding hydrogens is 325 g/mol. The standard InChI is InChI=1S/C16H13F3N2O3/c1-24-14-6-5-10(7-13(14)22)9-20-21-15(23)11-3-2-4-12(8-11)16(17,18)19/h2-9,22H,1H3,(H,21,23)/b20-9-. The molecule has 0 aliphatic heterocycles. The molecular formula is C16H13F3N2O3. The first kappa shape index (κ1) is 17.3. The summed E-state index contributed by atoms with van der Waals surface area (Å²) in [4.78, 5) is 11.8. The highest BCUT2D eigenvalue weighted by Crippen LogP contribution is 2.29. The number of ether oxygens (including phenoxy) is 1. The van der Waals surface area contributed by atoms with Gasteiger partial charge < -0.3 is 9.84 Å². The summed E-state index contributed by atoms with van der Waals surface area (Å²) in [6.45, 7) is 0. The number of hydrogen-bond acceptors (Lipinski definition) is 4. The Kier molecular flexibility index (Phi) is 5.08. The summed E-state index contributed by atoms with van der Waals surface area (Å²) < 4.78 is 42.7. The number of methoxy groups -OCH3 is 1. The number of aromatic hydroxyl groups is 1. The van der Waals surface area contributed by atoms with Crippen LogP contribution >= 0.6 is 0 Å². The van der Waals surface area contributed by atoms with Crippen molar-refractivity contribution in [2.45, 2.75) is 6.18 Å². The van der Waals surface area contributed by atoms with E-state index < -0.39 is 17.6 Å².